The van der Waals surface area contributed by atoms with Crippen LogP contribution in [0, 0.1) is 67.5 Å². The molecule has 0 aromatic heterocycles. The molecule has 0 radical (unpaired) electrons. The summed E-state index contributed by atoms with van der Waals surface area (Å²) in [7, 11) is 0. The molecule has 11 atom stereocenters. The summed E-state index contributed by atoms with van der Waals surface area (Å²) in [6, 6.07) is 0. The van der Waals surface area contributed by atoms with E-state index in [-0.39, 0.29) is 52.1 Å². The molecule has 8 nitrogen and oxygen atoms in total. The molecule has 0 aromatic carbocycles. The summed E-state index contributed by atoms with van der Waals surface area (Å²) in [5, 5.41) is 19.4. The topological polar surface area (TPSA) is 127 Å². The predicted octanol–water partition coefficient (Wildman–Crippen LogP) is 9.10. The smallest absolute Gasteiger partial charge is 0.309 e. The second-order valence-corrected chi connectivity index (χ2v) is 20.4. The number of carboxylic acids is 2. The van der Waals surface area contributed by atoms with E-state index < -0.39 is 34.7 Å². The Bertz CT molecular complexity index is 1440. The number of carboxylic acid groups (broad SMARTS) is 2. The molecule has 0 saturated heterocycles. The van der Waals surface area contributed by atoms with Gasteiger partial charge in [-0.15, -0.1) is 0 Å². The summed E-state index contributed by atoms with van der Waals surface area (Å²) >= 11 is 0. The Labute approximate surface area is 300 Å². The number of ether oxygens (including phenoxy) is 2. The van der Waals surface area contributed by atoms with Crippen LogP contribution in [0.25, 0.3) is 0 Å². The van der Waals surface area contributed by atoms with Crippen LogP contribution in [-0.2, 0) is 28.7 Å². The van der Waals surface area contributed by atoms with Crippen molar-refractivity contribution in [1.82, 2.24) is 0 Å². The summed E-state index contributed by atoms with van der Waals surface area (Å²) in [5.41, 5.74) is -1.53. The molecule has 2 N–H and O–H groups in total. The minimum absolute atomic E-state index is 0.00657. The summed E-state index contributed by atoms with van der Waals surface area (Å²) in [6.07, 6.45) is 9.16. The fraction of sp³-hybridized carbons (Fsp3) is 0.857. The number of allylic oxidation sites excluding steroid dienone is 2. The van der Waals surface area contributed by atoms with Crippen LogP contribution in [0.3, 0.4) is 0 Å². The van der Waals surface area contributed by atoms with Gasteiger partial charge in [0.05, 0.1) is 23.7 Å². The van der Waals surface area contributed by atoms with Gasteiger partial charge in [0.1, 0.15) is 12.2 Å². The molecule has 5 aliphatic rings. The molecule has 0 bridgehead atoms. The molecule has 0 amide bonds. The van der Waals surface area contributed by atoms with Gasteiger partial charge in [-0.05, 0) is 132 Å². The molecule has 50 heavy (non-hydrogen) atoms. The molecule has 4 unspecified atom stereocenters. The van der Waals surface area contributed by atoms with Crippen LogP contribution in [-0.4, -0.2) is 46.3 Å². The second-order valence-electron chi connectivity index (χ2n) is 20.4. The van der Waals surface area contributed by atoms with Gasteiger partial charge in [-0.3, -0.25) is 19.2 Å². The van der Waals surface area contributed by atoms with Crippen molar-refractivity contribution < 1.29 is 38.9 Å². The van der Waals surface area contributed by atoms with Crippen molar-refractivity contribution in [2.75, 3.05) is 0 Å². The van der Waals surface area contributed by atoms with Crippen LogP contribution in [0.4, 0.5) is 0 Å². The van der Waals surface area contributed by atoms with Crippen molar-refractivity contribution in [3.63, 3.8) is 0 Å². The first-order valence-electron chi connectivity index (χ1n) is 19.3. The van der Waals surface area contributed by atoms with E-state index in [1.807, 2.05) is 0 Å². The normalized spacial score (nSPS) is 42.4. The van der Waals surface area contributed by atoms with Crippen molar-refractivity contribution in [2.45, 2.75) is 160 Å². The quantitative estimate of drug-likeness (QED) is 0.190. The van der Waals surface area contributed by atoms with E-state index in [1.165, 1.54) is 5.57 Å². The predicted molar refractivity (Wildman–Crippen MR) is 192 cm³/mol. The van der Waals surface area contributed by atoms with Gasteiger partial charge in [-0.25, -0.2) is 0 Å². The van der Waals surface area contributed by atoms with E-state index in [9.17, 15) is 29.4 Å². The molecule has 0 spiro atoms. The Hall–Kier alpha value is -2.38. The third-order valence-corrected chi connectivity index (χ3v) is 16.4. The highest BCUT2D eigenvalue weighted by Gasteiger charge is 2.72. The van der Waals surface area contributed by atoms with Gasteiger partial charge >= 0.3 is 23.9 Å². The van der Waals surface area contributed by atoms with Crippen molar-refractivity contribution in [1.29, 1.82) is 0 Å². The maximum atomic E-state index is 13.6. The Morgan fingerprint density at radius 1 is 0.740 bits per heavy atom. The molecule has 0 heterocycles. The Kier molecular flexibility index (Phi) is 9.60. The molecule has 4 saturated carbocycles. The van der Waals surface area contributed by atoms with Crippen molar-refractivity contribution >= 4 is 23.9 Å². The van der Waals surface area contributed by atoms with Gasteiger partial charge in [0.15, 0.2) is 0 Å². The lowest BCUT2D eigenvalue weighted by molar-refractivity contribution is -0.271. The number of hydrogen-bond acceptors (Lipinski definition) is 6. The van der Waals surface area contributed by atoms with Gasteiger partial charge < -0.3 is 19.7 Å². The maximum Gasteiger partial charge on any atom is 0.309 e. The molecule has 5 rings (SSSR count). The molecule has 282 valence electrons. The van der Waals surface area contributed by atoms with E-state index in [2.05, 4.69) is 61.5 Å². The number of rotatable bonds is 8. The lowest BCUT2D eigenvalue weighted by atomic mass is 9.31. The number of carbonyl (C=O) groups excluding carboxylic acids is 2. The van der Waals surface area contributed by atoms with E-state index in [4.69, 9.17) is 9.47 Å². The minimum atomic E-state index is -1.20. The first-order chi connectivity index (χ1) is 22.8. The number of carbonyl (C=O) groups is 4. The van der Waals surface area contributed by atoms with E-state index in [0.717, 1.165) is 51.4 Å². The Morgan fingerprint density at radius 3 is 1.82 bits per heavy atom. The van der Waals surface area contributed by atoms with Gasteiger partial charge in [0.2, 0.25) is 0 Å². The average molecular weight is 699 g/mol. The van der Waals surface area contributed by atoms with Crippen molar-refractivity contribution in [3.05, 3.63) is 11.6 Å². The van der Waals surface area contributed by atoms with Gasteiger partial charge in [-0.1, -0.05) is 60.1 Å². The number of aliphatic carboxylic acids is 2. The fourth-order valence-electron chi connectivity index (χ4n) is 12.9. The molecule has 4 fully saturated rings. The average Bonchev–Trinajstić information content (AvgIpc) is 2.97. The van der Waals surface area contributed by atoms with E-state index >= 15 is 0 Å². The van der Waals surface area contributed by atoms with Gasteiger partial charge in [0.25, 0.3) is 0 Å². The molecule has 5 aliphatic carbocycles. The highest BCUT2D eigenvalue weighted by atomic mass is 16.5. The largest absolute Gasteiger partial charge is 0.481 e. The van der Waals surface area contributed by atoms with Gasteiger partial charge in [-0.2, -0.15) is 0 Å². The van der Waals surface area contributed by atoms with Crippen LogP contribution >= 0.6 is 0 Å². The molecule has 8 heteroatoms. The van der Waals surface area contributed by atoms with Crippen LogP contribution in [0.15, 0.2) is 11.6 Å². The molecular weight excluding hydrogens is 632 g/mol. The maximum absolute atomic E-state index is 13.6. The highest BCUT2D eigenvalue weighted by molar-refractivity contribution is 5.82. The van der Waals surface area contributed by atoms with Crippen LogP contribution in [0.2, 0.25) is 0 Å². The minimum Gasteiger partial charge on any atom is -0.481 e. The van der Waals surface area contributed by atoms with Crippen molar-refractivity contribution in [3.8, 4) is 0 Å². The van der Waals surface area contributed by atoms with E-state index in [0.29, 0.717) is 29.6 Å². The number of esters is 2. The number of fused-ring (bicyclic) bond motifs is 7. The summed E-state index contributed by atoms with van der Waals surface area (Å²) in [4.78, 5) is 50.3. The van der Waals surface area contributed by atoms with Crippen LogP contribution in [0.5, 0.6) is 0 Å². The fourth-order valence-corrected chi connectivity index (χ4v) is 12.9. The summed E-state index contributed by atoms with van der Waals surface area (Å²) in [6.45, 7) is 25.3. The third kappa shape index (κ3) is 5.85. The zero-order valence-corrected chi connectivity index (χ0v) is 33.0. The van der Waals surface area contributed by atoms with Crippen LogP contribution in [0.1, 0.15) is 147 Å². The molecule has 0 aliphatic heterocycles. The first kappa shape index (κ1) is 38.8. The zero-order chi connectivity index (χ0) is 37.6. The van der Waals surface area contributed by atoms with E-state index in [1.54, 1.807) is 27.7 Å². The van der Waals surface area contributed by atoms with Crippen molar-refractivity contribution in [2.24, 2.45) is 67.5 Å². The first-order valence-corrected chi connectivity index (χ1v) is 19.3. The monoisotopic (exact) mass is 698 g/mol. The SMILES string of the molecule is CC1=CC[C@@]2(C)C(C3CCC4[C@@]5(C)CC[C@H](OC(=O)CC(C)(C)C(=O)O)C(C)(C)C5CC[C@@]4(C)[C@]3(C)C[C@@H]2OC(=O)CC(C)(C)C(=O)O)[C@@H]1C. The summed E-state index contributed by atoms with van der Waals surface area (Å²) in [5.74, 6) is -0.888. The molecular formula is C42H66O8. The zero-order valence-electron chi connectivity index (χ0n) is 33.0. The standard InChI is InChI=1S/C42H66O8/c1-24-15-18-40(10)30(50-32(44)23-37(5,6)35(47)48)21-42(12)26(33(40)25(24)2)13-14-28-39(9)19-17-29(49-31(43)22-36(3,4)34(45)46)38(7,8)27(39)16-20-41(28,42)11/h15,25-30,33H,13-14,16-23H2,1-12H3,(H,45,46)(H,47,48)/t25-,26?,27?,28?,29+,30+,33?,39+,40-,41-,42-/m1/s1. The summed E-state index contributed by atoms with van der Waals surface area (Å²) < 4.78 is 12.7. The van der Waals surface area contributed by atoms with Gasteiger partial charge in [0, 0.05) is 10.8 Å². The lowest BCUT2D eigenvalue weighted by Gasteiger charge is -2.74. The lowest BCUT2D eigenvalue weighted by Crippen LogP contribution is -2.69. The van der Waals surface area contributed by atoms with Crippen LogP contribution < -0.4 is 0 Å². The third-order valence-electron chi connectivity index (χ3n) is 16.4. The highest BCUT2D eigenvalue weighted by Crippen LogP contribution is 2.77. The Morgan fingerprint density at radius 2 is 1.28 bits per heavy atom. The Balaban J connectivity index is 1.46. The second kappa shape index (κ2) is 12.4. The molecule has 0 aromatic rings. The number of hydrogen-bond donors (Lipinski definition) is 2.